The highest BCUT2D eigenvalue weighted by Crippen LogP contribution is 2.36. The molecule has 1 amide bonds. The van der Waals surface area contributed by atoms with E-state index in [1.165, 1.54) is 19.3 Å². The van der Waals surface area contributed by atoms with E-state index >= 15 is 0 Å². The first-order valence-electron chi connectivity index (χ1n) is 6.90. The maximum atomic E-state index is 11.8. The van der Waals surface area contributed by atoms with Gasteiger partial charge in [-0.05, 0) is 43.4 Å². The van der Waals surface area contributed by atoms with Gasteiger partial charge in [-0.2, -0.15) is 0 Å². The SMILES string of the molecule is CC(C)(C)CC1CCC(C(=O)NCCN)CC1. The maximum absolute atomic E-state index is 11.8. The van der Waals surface area contributed by atoms with E-state index in [9.17, 15) is 4.79 Å². The number of hydrogen-bond donors (Lipinski definition) is 2. The van der Waals surface area contributed by atoms with E-state index in [0.29, 0.717) is 18.5 Å². The lowest BCUT2D eigenvalue weighted by Crippen LogP contribution is -2.36. The van der Waals surface area contributed by atoms with Crippen molar-refractivity contribution >= 4 is 5.91 Å². The molecule has 0 bridgehead atoms. The topological polar surface area (TPSA) is 55.1 Å². The van der Waals surface area contributed by atoms with Gasteiger partial charge in [-0.3, -0.25) is 4.79 Å². The van der Waals surface area contributed by atoms with Gasteiger partial charge in [0, 0.05) is 19.0 Å². The number of nitrogens with one attached hydrogen (secondary N) is 1. The molecule has 3 N–H and O–H groups in total. The Bertz CT molecular complexity index is 237. The zero-order valence-electron chi connectivity index (χ0n) is 11.6. The van der Waals surface area contributed by atoms with E-state index in [0.717, 1.165) is 18.8 Å². The highest BCUT2D eigenvalue weighted by Gasteiger charge is 2.28. The fraction of sp³-hybridized carbons (Fsp3) is 0.929. The third kappa shape index (κ3) is 5.53. The molecule has 0 unspecified atom stereocenters. The number of carbonyl (C=O) groups excluding carboxylic acids is 1. The molecule has 1 aliphatic carbocycles. The summed E-state index contributed by atoms with van der Waals surface area (Å²) in [4.78, 5) is 11.8. The van der Waals surface area contributed by atoms with Crippen molar-refractivity contribution in [1.29, 1.82) is 0 Å². The van der Waals surface area contributed by atoms with Crippen LogP contribution in [0.4, 0.5) is 0 Å². The van der Waals surface area contributed by atoms with Crippen molar-refractivity contribution in [2.45, 2.75) is 52.9 Å². The largest absolute Gasteiger partial charge is 0.355 e. The summed E-state index contributed by atoms with van der Waals surface area (Å²) in [7, 11) is 0. The third-order valence-corrected chi connectivity index (χ3v) is 3.56. The van der Waals surface area contributed by atoms with Crippen LogP contribution in [0.15, 0.2) is 0 Å². The molecule has 1 saturated carbocycles. The van der Waals surface area contributed by atoms with Crippen molar-refractivity contribution in [2.75, 3.05) is 13.1 Å². The van der Waals surface area contributed by atoms with Gasteiger partial charge < -0.3 is 11.1 Å². The molecule has 0 spiro atoms. The van der Waals surface area contributed by atoms with Crippen LogP contribution in [0.3, 0.4) is 0 Å². The average Bonchev–Trinajstić information content (AvgIpc) is 2.24. The predicted molar refractivity (Wildman–Crippen MR) is 71.6 cm³/mol. The molecule has 0 atom stereocenters. The van der Waals surface area contributed by atoms with Crippen molar-refractivity contribution in [3.8, 4) is 0 Å². The summed E-state index contributed by atoms with van der Waals surface area (Å²) in [6.07, 6.45) is 5.80. The monoisotopic (exact) mass is 240 g/mol. The molecular weight excluding hydrogens is 212 g/mol. The Morgan fingerprint density at radius 1 is 1.24 bits per heavy atom. The molecule has 1 rings (SSSR count). The molecule has 3 nitrogen and oxygen atoms in total. The van der Waals surface area contributed by atoms with Gasteiger partial charge in [-0.15, -0.1) is 0 Å². The Morgan fingerprint density at radius 2 is 1.82 bits per heavy atom. The van der Waals surface area contributed by atoms with E-state index in [-0.39, 0.29) is 11.8 Å². The summed E-state index contributed by atoms with van der Waals surface area (Å²) in [6.45, 7) is 8.04. The van der Waals surface area contributed by atoms with Crippen molar-refractivity contribution in [3.05, 3.63) is 0 Å². The van der Waals surface area contributed by atoms with E-state index < -0.39 is 0 Å². The first kappa shape index (κ1) is 14.5. The normalized spacial score (nSPS) is 25.6. The molecule has 0 aliphatic heterocycles. The van der Waals surface area contributed by atoms with Crippen molar-refractivity contribution in [1.82, 2.24) is 5.32 Å². The Labute approximate surface area is 106 Å². The zero-order chi connectivity index (χ0) is 12.9. The predicted octanol–water partition coefficient (Wildman–Crippen LogP) is 2.30. The summed E-state index contributed by atoms with van der Waals surface area (Å²) in [5.41, 5.74) is 5.80. The summed E-state index contributed by atoms with van der Waals surface area (Å²) in [6, 6.07) is 0. The van der Waals surface area contributed by atoms with Gasteiger partial charge in [0.15, 0.2) is 0 Å². The molecule has 0 aromatic rings. The molecule has 0 saturated heterocycles. The summed E-state index contributed by atoms with van der Waals surface area (Å²) in [5.74, 6) is 1.26. The minimum Gasteiger partial charge on any atom is -0.355 e. The summed E-state index contributed by atoms with van der Waals surface area (Å²) >= 11 is 0. The van der Waals surface area contributed by atoms with Crippen LogP contribution in [-0.2, 0) is 4.79 Å². The summed E-state index contributed by atoms with van der Waals surface area (Å²) in [5, 5.41) is 2.90. The lowest BCUT2D eigenvalue weighted by Gasteiger charge is -2.32. The number of nitrogens with two attached hydrogens (primary N) is 1. The zero-order valence-corrected chi connectivity index (χ0v) is 11.6. The Kier molecular flexibility index (Phi) is 5.44. The first-order chi connectivity index (χ1) is 7.92. The smallest absolute Gasteiger partial charge is 0.223 e. The van der Waals surface area contributed by atoms with Crippen LogP contribution in [0.5, 0.6) is 0 Å². The van der Waals surface area contributed by atoms with Gasteiger partial charge in [-0.1, -0.05) is 20.8 Å². The van der Waals surface area contributed by atoms with Gasteiger partial charge >= 0.3 is 0 Å². The highest BCUT2D eigenvalue weighted by molar-refractivity contribution is 5.78. The minimum atomic E-state index is 0.213. The molecular formula is C14H28N2O. The number of rotatable bonds is 4. The van der Waals surface area contributed by atoms with Crippen LogP contribution in [0.1, 0.15) is 52.9 Å². The van der Waals surface area contributed by atoms with Crippen LogP contribution < -0.4 is 11.1 Å². The maximum Gasteiger partial charge on any atom is 0.223 e. The van der Waals surface area contributed by atoms with Crippen molar-refractivity contribution in [2.24, 2.45) is 23.0 Å². The van der Waals surface area contributed by atoms with Gasteiger partial charge in [-0.25, -0.2) is 0 Å². The molecule has 0 aromatic carbocycles. The third-order valence-electron chi connectivity index (χ3n) is 3.56. The van der Waals surface area contributed by atoms with E-state index in [4.69, 9.17) is 5.73 Å². The second-order valence-corrected chi connectivity index (χ2v) is 6.56. The van der Waals surface area contributed by atoms with Crippen molar-refractivity contribution in [3.63, 3.8) is 0 Å². The van der Waals surface area contributed by atoms with Gasteiger partial charge in [0.1, 0.15) is 0 Å². The number of hydrogen-bond acceptors (Lipinski definition) is 2. The van der Waals surface area contributed by atoms with E-state index in [2.05, 4.69) is 26.1 Å². The second-order valence-electron chi connectivity index (χ2n) is 6.56. The second kappa shape index (κ2) is 6.39. The highest BCUT2D eigenvalue weighted by atomic mass is 16.1. The fourth-order valence-corrected chi connectivity index (χ4v) is 2.83. The quantitative estimate of drug-likeness (QED) is 0.792. The molecule has 1 fully saturated rings. The van der Waals surface area contributed by atoms with Crippen LogP contribution in [-0.4, -0.2) is 19.0 Å². The van der Waals surface area contributed by atoms with Gasteiger partial charge in [0.25, 0.3) is 0 Å². The van der Waals surface area contributed by atoms with Gasteiger partial charge in [0.05, 0.1) is 0 Å². The Morgan fingerprint density at radius 3 is 2.29 bits per heavy atom. The molecule has 0 heterocycles. The van der Waals surface area contributed by atoms with Crippen LogP contribution in [0.25, 0.3) is 0 Å². The van der Waals surface area contributed by atoms with E-state index in [1.54, 1.807) is 0 Å². The van der Waals surface area contributed by atoms with Crippen LogP contribution >= 0.6 is 0 Å². The average molecular weight is 240 g/mol. The standard InChI is InChI=1S/C14H28N2O/c1-14(2,3)10-11-4-6-12(7-5-11)13(17)16-9-8-15/h11-12H,4-10,15H2,1-3H3,(H,16,17). The fourth-order valence-electron chi connectivity index (χ4n) is 2.83. The van der Waals surface area contributed by atoms with Crippen molar-refractivity contribution < 1.29 is 4.79 Å². The molecule has 100 valence electrons. The van der Waals surface area contributed by atoms with Gasteiger partial charge in [0.2, 0.25) is 5.91 Å². The minimum absolute atomic E-state index is 0.213. The Hall–Kier alpha value is -0.570. The molecule has 0 radical (unpaired) electrons. The Balaban J connectivity index is 2.28. The summed E-state index contributed by atoms with van der Waals surface area (Å²) < 4.78 is 0. The van der Waals surface area contributed by atoms with Crippen LogP contribution in [0, 0.1) is 17.3 Å². The first-order valence-corrected chi connectivity index (χ1v) is 6.90. The molecule has 1 aliphatic rings. The molecule has 17 heavy (non-hydrogen) atoms. The van der Waals surface area contributed by atoms with E-state index in [1.807, 2.05) is 0 Å². The van der Waals surface area contributed by atoms with Crippen LogP contribution in [0.2, 0.25) is 0 Å². The molecule has 0 aromatic heterocycles. The number of amides is 1. The lowest BCUT2D eigenvalue weighted by molar-refractivity contribution is -0.126. The molecule has 3 heteroatoms. The number of carbonyl (C=O) groups is 1. The lowest BCUT2D eigenvalue weighted by atomic mass is 9.74.